The van der Waals surface area contributed by atoms with Crippen molar-refractivity contribution in [3.05, 3.63) is 71.4 Å². The molecular weight excluding hydrogens is 312 g/mol. The number of fused-ring (bicyclic) bond motifs is 1. The number of nitriles is 1. The third-order valence-corrected chi connectivity index (χ3v) is 4.20. The Kier molecular flexibility index (Phi) is 3.51. The van der Waals surface area contributed by atoms with Gasteiger partial charge in [0.25, 0.3) is 0 Å². The highest BCUT2D eigenvalue weighted by molar-refractivity contribution is 5.86. The number of anilines is 1. The van der Waals surface area contributed by atoms with Crippen LogP contribution in [0.25, 0.3) is 22.3 Å². The SMILES string of the molecule is Cc1cc(N)nn1Cc1cc(C#N)cc2cc(-c3ccccc3)oc12. The molecule has 2 heterocycles. The number of rotatable bonds is 3. The number of nitrogens with zero attached hydrogens (tertiary/aromatic N) is 3. The van der Waals surface area contributed by atoms with E-state index < -0.39 is 0 Å². The van der Waals surface area contributed by atoms with Crippen LogP contribution < -0.4 is 5.73 Å². The van der Waals surface area contributed by atoms with Crippen LogP contribution in [-0.4, -0.2) is 9.78 Å². The van der Waals surface area contributed by atoms with Crippen molar-refractivity contribution in [1.29, 1.82) is 5.26 Å². The molecule has 2 aromatic carbocycles. The van der Waals surface area contributed by atoms with Gasteiger partial charge in [-0.05, 0) is 25.1 Å². The first-order chi connectivity index (χ1) is 12.1. The Morgan fingerprint density at radius 1 is 1.16 bits per heavy atom. The van der Waals surface area contributed by atoms with E-state index in [1.807, 2.05) is 66.2 Å². The number of hydrogen-bond donors (Lipinski definition) is 1. The van der Waals surface area contributed by atoms with Crippen LogP contribution in [0.5, 0.6) is 0 Å². The first-order valence-electron chi connectivity index (χ1n) is 7.96. The Morgan fingerprint density at radius 2 is 1.96 bits per heavy atom. The highest BCUT2D eigenvalue weighted by Gasteiger charge is 2.13. The molecule has 4 rings (SSSR count). The minimum Gasteiger partial charge on any atom is -0.456 e. The molecule has 0 radical (unpaired) electrons. The molecule has 4 aromatic rings. The smallest absolute Gasteiger partial charge is 0.145 e. The molecule has 122 valence electrons. The Balaban J connectivity index is 1.86. The van der Waals surface area contributed by atoms with Gasteiger partial charge in [-0.1, -0.05) is 30.3 Å². The molecular formula is C20H16N4O. The molecule has 0 aliphatic carbocycles. The van der Waals surface area contributed by atoms with Crippen molar-refractivity contribution >= 4 is 16.8 Å². The second-order valence-electron chi connectivity index (χ2n) is 6.01. The zero-order valence-corrected chi connectivity index (χ0v) is 13.7. The predicted octanol–water partition coefficient (Wildman–Crippen LogP) is 4.11. The maximum atomic E-state index is 9.35. The van der Waals surface area contributed by atoms with Crippen molar-refractivity contribution in [2.75, 3.05) is 5.73 Å². The predicted molar refractivity (Wildman–Crippen MR) is 96.8 cm³/mol. The summed E-state index contributed by atoms with van der Waals surface area (Å²) in [6.45, 7) is 2.45. The molecule has 0 fully saturated rings. The second-order valence-corrected chi connectivity index (χ2v) is 6.01. The molecule has 0 saturated heterocycles. The lowest BCUT2D eigenvalue weighted by atomic mass is 10.1. The third kappa shape index (κ3) is 2.74. The van der Waals surface area contributed by atoms with Crippen LogP contribution in [-0.2, 0) is 6.54 Å². The zero-order valence-electron chi connectivity index (χ0n) is 13.7. The monoisotopic (exact) mass is 328 g/mol. The Bertz CT molecular complexity index is 1100. The molecule has 0 unspecified atom stereocenters. The third-order valence-electron chi connectivity index (χ3n) is 4.20. The first-order valence-corrected chi connectivity index (χ1v) is 7.96. The minimum absolute atomic E-state index is 0.481. The van der Waals surface area contributed by atoms with E-state index in [1.165, 1.54) is 0 Å². The summed E-state index contributed by atoms with van der Waals surface area (Å²) in [6.07, 6.45) is 0. The largest absolute Gasteiger partial charge is 0.456 e. The summed E-state index contributed by atoms with van der Waals surface area (Å²) in [4.78, 5) is 0. The summed E-state index contributed by atoms with van der Waals surface area (Å²) >= 11 is 0. The molecule has 2 N–H and O–H groups in total. The van der Waals surface area contributed by atoms with Gasteiger partial charge < -0.3 is 10.2 Å². The van der Waals surface area contributed by atoms with Crippen LogP contribution in [0.4, 0.5) is 5.82 Å². The molecule has 5 heteroatoms. The van der Waals surface area contributed by atoms with E-state index in [9.17, 15) is 5.26 Å². The molecule has 0 amide bonds. The van der Waals surface area contributed by atoms with Gasteiger partial charge in [-0.3, -0.25) is 4.68 Å². The number of aromatic nitrogens is 2. The maximum absolute atomic E-state index is 9.35. The molecule has 0 bridgehead atoms. The number of nitrogen functional groups attached to an aromatic ring is 1. The maximum Gasteiger partial charge on any atom is 0.145 e. The molecule has 0 aliphatic rings. The van der Waals surface area contributed by atoms with E-state index >= 15 is 0 Å². The summed E-state index contributed by atoms with van der Waals surface area (Å²) in [6, 6.07) is 19.6. The summed E-state index contributed by atoms with van der Waals surface area (Å²) in [5, 5.41) is 14.6. The lowest BCUT2D eigenvalue weighted by molar-refractivity contribution is 0.611. The number of benzene rings is 2. The Morgan fingerprint density at radius 3 is 2.64 bits per heavy atom. The van der Waals surface area contributed by atoms with E-state index in [-0.39, 0.29) is 0 Å². The normalized spacial score (nSPS) is 10.9. The number of hydrogen-bond acceptors (Lipinski definition) is 4. The highest BCUT2D eigenvalue weighted by atomic mass is 16.3. The van der Waals surface area contributed by atoms with Crippen LogP contribution in [0.3, 0.4) is 0 Å². The quantitative estimate of drug-likeness (QED) is 0.614. The van der Waals surface area contributed by atoms with Gasteiger partial charge in [0.05, 0.1) is 18.2 Å². The lowest BCUT2D eigenvalue weighted by Gasteiger charge is -2.06. The summed E-state index contributed by atoms with van der Waals surface area (Å²) in [7, 11) is 0. The van der Waals surface area contributed by atoms with Gasteiger partial charge in [0.2, 0.25) is 0 Å². The number of furan rings is 1. The van der Waals surface area contributed by atoms with E-state index in [2.05, 4.69) is 11.2 Å². The van der Waals surface area contributed by atoms with Crippen molar-refractivity contribution in [3.8, 4) is 17.4 Å². The second kappa shape index (κ2) is 5.84. The summed E-state index contributed by atoms with van der Waals surface area (Å²) in [5.41, 5.74) is 10.0. The Hall–Kier alpha value is -3.52. The average Bonchev–Trinajstić information content (AvgIpc) is 3.18. The fraction of sp³-hybridized carbons (Fsp3) is 0.100. The van der Waals surface area contributed by atoms with E-state index in [1.54, 1.807) is 0 Å². The summed E-state index contributed by atoms with van der Waals surface area (Å²) < 4.78 is 7.94. The van der Waals surface area contributed by atoms with Crippen LogP contribution in [0.15, 0.2) is 59.0 Å². The van der Waals surface area contributed by atoms with Gasteiger partial charge in [-0.15, -0.1) is 0 Å². The molecule has 0 saturated carbocycles. The first kappa shape index (κ1) is 15.0. The van der Waals surface area contributed by atoms with Gasteiger partial charge in [0.1, 0.15) is 17.2 Å². The molecule has 2 aromatic heterocycles. The number of nitrogens with two attached hydrogens (primary N) is 1. The molecule has 0 aliphatic heterocycles. The molecule has 0 spiro atoms. The van der Waals surface area contributed by atoms with Gasteiger partial charge >= 0.3 is 0 Å². The van der Waals surface area contributed by atoms with Gasteiger partial charge in [0, 0.05) is 28.3 Å². The summed E-state index contributed by atoms with van der Waals surface area (Å²) in [5.74, 6) is 1.26. The fourth-order valence-electron chi connectivity index (χ4n) is 3.01. The lowest BCUT2D eigenvalue weighted by Crippen LogP contribution is -2.04. The van der Waals surface area contributed by atoms with Crippen LogP contribution in [0.1, 0.15) is 16.8 Å². The van der Waals surface area contributed by atoms with Crippen molar-refractivity contribution in [2.24, 2.45) is 0 Å². The van der Waals surface area contributed by atoms with Gasteiger partial charge in [0.15, 0.2) is 0 Å². The van der Waals surface area contributed by atoms with E-state index in [0.717, 1.165) is 33.6 Å². The van der Waals surface area contributed by atoms with Gasteiger partial charge in [-0.25, -0.2) is 0 Å². The van der Waals surface area contributed by atoms with Crippen LogP contribution >= 0.6 is 0 Å². The van der Waals surface area contributed by atoms with Crippen LogP contribution in [0.2, 0.25) is 0 Å². The number of aryl methyl sites for hydroxylation is 1. The van der Waals surface area contributed by atoms with Crippen LogP contribution in [0, 0.1) is 18.3 Å². The minimum atomic E-state index is 0.481. The van der Waals surface area contributed by atoms with Crippen molar-refractivity contribution < 1.29 is 4.42 Å². The van der Waals surface area contributed by atoms with Gasteiger partial charge in [-0.2, -0.15) is 10.4 Å². The molecule has 25 heavy (non-hydrogen) atoms. The van der Waals surface area contributed by atoms with E-state index in [0.29, 0.717) is 17.9 Å². The molecule has 5 nitrogen and oxygen atoms in total. The fourth-order valence-corrected chi connectivity index (χ4v) is 3.01. The van der Waals surface area contributed by atoms with Crippen molar-refractivity contribution in [3.63, 3.8) is 0 Å². The highest BCUT2D eigenvalue weighted by Crippen LogP contribution is 2.31. The average molecular weight is 328 g/mol. The standard InChI is InChI=1S/C20H16N4O/c1-13-7-19(22)23-24(13)12-17-9-14(11-21)8-16-10-18(25-20(16)17)15-5-3-2-4-6-15/h2-10H,12H2,1H3,(H2,22,23). The topological polar surface area (TPSA) is 80.8 Å². The zero-order chi connectivity index (χ0) is 17.4. The van der Waals surface area contributed by atoms with Crippen molar-refractivity contribution in [2.45, 2.75) is 13.5 Å². The molecule has 0 atom stereocenters. The van der Waals surface area contributed by atoms with Crippen molar-refractivity contribution in [1.82, 2.24) is 9.78 Å². The van der Waals surface area contributed by atoms with E-state index in [4.69, 9.17) is 10.2 Å². The Labute approximate surface area is 144 Å².